The van der Waals surface area contributed by atoms with E-state index in [1.807, 2.05) is 60.7 Å². The SMILES string of the molecule is O=C1CC[C@H](c2nc(-c3ccccc3)c(-c3ccccc3)o2)N1. The van der Waals surface area contributed by atoms with Crippen LogP contribution in [0.5, 0.6) is 0 Å². The second-order valence-electron chi connectivity index (χ2n) is 5.62. The highest BCUT2D eigenvalue weighted by molar-refractivity contribution is 5.79. The minimum Gasteiger partial charge on any atom is -0.438 e. The Bertz CT molecular complexity index is 768. The van der Waals surface area contributed by atoms with Gasteiger partial charge >= 0.3 is 0 Å². The molecule has 0 spiro atoms. The normalized spacial score (nSPS) is 17.2. The Morgan fingerprint density at radius 1 is 0.957 bits per heavy atom. The van der Waals surface area contributed by atoms with E-state index in [0.717, 1.165) is 29.0 Å². The molecule has 1 saturated heterocycles. The zero-order chi connectivity index (χ0) is 15.6. The Kier molecular flexibility index (Phi) is 3.42. The molecule has 1 atom stereocenters. The molecule has 0 bridgehead atoms. The number of aromatic nitrogens is 1. The highest BCUT2D eigenvalue weighted by Gasteiger charge is 2.28. The zero-order valence-corrected chi connectivity index (χ0v) is 12.5. The molecule has 2 aromatic carbocycles. The van der Waals surface area contributed by atoms with Crippen LogP contribution in [0.15, 0.2) is 65.1 Å². The largest absolute Gasteiger partial charge is 0.438 e. The van der Waals surface area contributed by atoms with Gasteiger partial charge < -0.3 is 9.73 Å². The van der Waals surface area contributed by atoms with Crippen LogP contribution in [0.1, 0.15) is 24.8 Å². The van der Waals surface area contributed by atoms with Crippen LogP contribution in [-0.4, -0.2) is 10.9 Å². The van der Waals surface area contributed by atoms with Gasteiger partial charge in [-0.1, -0.05) is 60.7 Å². The quantitative estimate of drug-likeness (QED) is 0.797. The lowest BCUT2D eigenvalue weighted by molar-refractivity contribution is -0.119. The molecule has 0 saturated carbocycles. The van der Waals surface area contributed by atoms with Crippen molar-refractivity contribution in [1.29, 1.82) is 0 Å². The molecule has 0 unspecified atom stereocenters. The number of hydrogen-bond donors (Lipinski definition) is 1. The van der Waals surface area contributed by atoms with E-state index in [0.29, 0.717) is 12.3 Å². The first kappa shape index (κ1) is 13.8. The third kappa shape index (κ3) is 2.63. The predicted molar refractivity (Wildman–Crippen MR) is 87.5 cm³/mol. The molecule has 0 aliphatic carbocycles. The van der Waals surface area contributed by atoms with Crippen molar-refractivity contribution in [3.63, 3.8) is 0 Å². The number of hydrogen-bond acceptors (Lipinski definition) is 3. The maximum Gasteiger partial charge on any atom is 0.220 e. The molecule has 114 valence electrons. The van der Waals surface area contributed by atoms with Gasteiger partial charge in [0, 0.05) is 17.5 Å². The molecule has 2 heterocycles. The van der Waals surface area contributed by atoms with E-state index in [-0.39, 0.29) is 11.9 Å². The van der Waals surface area contributed by atoms with Gasteiger partial charge in [-0.2, -0.15) is 0 Å². The van der Waals surface area contributed by atoms with E-state index in [2.05, 4.69) is 5.32 Å². The maximum absolute atomic E-state index is 11.5. The van der Waals surface area contributed by atoms with Crippen molar-refractivity contribution in [3.8, 4) is 22.6 Å². The summed E-state index contributed by atoms with van der Waals surface area (Å²) in [6.45, 7) is 0. The first-order valence-corrected chi connectivity index (χ1v) is 7.72. The van der Waals surface area contributed by atoms with Gasteiger partial charge in [-0.15, -0.1) is 0 Å². The fourth-order valence-electron chi connectivity index (χ4n) is 2.86. The van der Waals surface area contributed by atoms with Crippen LogP contribution in [-0.2, 0) is 4.79 Å². The summed E-state index contributed by atoms with van der Waals surface area (Å²) in [5, 5.41) is 2.92. The van der Waals surface area contributed by atoms with Crippen molar-refractivity contribution in [1.82, 2.24) is 10.3 Å². The van der Waals surface area contributed by atoms with Crippen LogP contribution < -0.4 is 5.32 Å². The highest BCUT2D eigenvalue weighted by Crippen LogP contribution is 2.35. The molecular formula is C19H16N2O2. The minimum atomic E-state index is -0.137. The summed E-state index contributed by atoms with van der Waals surface area (Å²) in [5.41, 5.74) is 2.80. The second-order valence-corrected chi connectivity index (χ2v) is 5.62. The molecule has 0 radical (unpaired) electrons. The number of carbonyl (C=O) groups is 1. The molecule has 4 rings (SSSR count). The number of rotatable bonds is 3. The van der Waals surface area contributed by atoms with E-state index >= 15 is 0 Å². The van der Waals surface area contributed by atoms with Crippen molar-refractivity contribution in [2.75, 3.05) is 0 Å². The molecule has 3 aromatic rings. The van der Waals surface area contributed by atoms with Crippen LogP contribution in [0.3, 0.4) is 0 Å². The third-order valence-electron chi connectivity index (χ3n) is 4.02. The van der Waals surface area contributed by atoms with Gasteiger partial charge in [0.2, 0.25) is 11.8 Å². The van der Waals surface area contributed by atoms with Gasteiger partial charge in [0.1, 0.15) is 11.7 Å². The average Bonchev–Trinajstić information content (AvgIpc) is 3.23. The summed E-state index contributed by atoms with van der Waals surface area (Å²) in [6, 6.07) is 19.8. The maximum atomic E-state index is 11.5. The molecule has 4 heteroatoms. The van der Waals surface area contributed by atoms with E-state index in [9.17, 15) is 4.79 Å². The molecule has 1 aliphatic heterocycles. The smallest absolute Gasteiger partial charge is 0.220 e. The lowest BCUT2D eigenvalue weighted by Gasteiger charge is -2.03. The van der Waals surface area contributed by atoms with Crippen molar-refractivity contribution in [2.45, 2.75) is 18.9 Å². The number of amides is 1. The Balaban J connectivity index is 1.83. The summed E-state index contributed by atoms with van der Waals surface area (Å²) in [6.07, 6.45) is 1.25. The fourth-order valence-corrected chi connectivity index (χ4v) is 2.86. The zero-order valence-electron chi connectivity index (χ0n) is 12.5. The van der Waals surface area contributed by atoms with Gasteiger partial charge in [0.05, 0.1) is 0 Å². The second kappa shape index (κ2) is 5.72. The van der Waals surface area contributed by atoms with E-state index < -0.39 is 0 Å². The Labute approximate surface area is 134 Å². The first-order valence-electron chi connectivity index (χ1n) is 7.72. The lowest BCUT2D eigenvalue weighted by atomic mass is 10.1. The Morgan fingerprint density at radius 3 is 2.22 bits per heavy atom. The van der Waals surface area contributed by atoms with Gasteiger partial charge in [0.25, 0.3) is 0 Å². The fraction of sp³-hybridized carbons (Fsp3) is 0.158. The standard InChI is InChI=1S/C19H16N2O2/c22-16-12-11-15(20-16)19-21-17(13-7-3-1-4-8-13)18(23-19)14-9-5-2-6-10-14/h1-10,15H,11-12H2,(H,20,22)/t15-/m1/s1. The number of nitrogens with zero attached hydrogens (tertiary/aromatic N) is 1. The molecule has 23 heavy (non-hydrogen) atoms. The van der Waals surface area contributed by atoms with E-state index in [1.165, 1.54) is 0 Å². The van der Waals surface area contributed by atoms with Crippen LogP contribution in [0, 0.1) is 0 Å². The van der Waals surface area contributed by atoms with Crippen LogP contribution >= 0.6 is 0 Å². The summed E-state index contributed by atoms with van der Waals surface area (Å²) in [7, 11) is 0. The van der Waals surface area contributed by atoms with Crippen molar-refractivity contribution < 1.29 is 9.21 Å². The molecule has 4 nitrogen and oxygen atoms in total. The molecule has 1 fully saturated rings. The Hall–Kier alpha value is -2.88. The molecular weight excluding hydrogens is 288 g/mol. The van der Waals surface area contributed by atoms with Gasteiger partial charge in [-0.25, -0.2) is 4.98 Å². The van der Waals surface area contributed by atoms with E-state index in [1.54, 1.807) is 0 Å². The van der Waals surface area contributed by atoms with Crippen LogP contribution in [0.4, 0.5) is 0 Å². The van der Waals surface area contributed by atoms with E-state index in [4.69, 9.17) is 9.40 Å². The average molecular weight is 304 g/mol. The van der Waals surface area contributed by atoms with Gasteiger partial charge in [-0.3, -0.25) is 4.79 Å². The van der Waals surface area contributed by atoms with Crippen LogP contribution in [0.25, 0.3) is 22.6 Å². The van der Waals surface area contributed by atoms with Crippen LogP contribution in [0.2, 0.25) is 0 Å². The number of oxazole rings is 1. The molecule has 1 aromatic heterocycles. The molecule has 1 N–H and O–H groups in total. The van der Waals surface area contributed by atoms with Gasteiger partial charge in [-0.05, 0) is 6.42 Å². The molecule has 1 aliphatic rings. The topological polar surface area (TPSA) is 55.1 Å². The van der Waals surface area contributed by atoms with Crippen molar-refractivity contribution in [2.24, 2.45) is 0 Å². The summed E-state index contributed by atoms with van der Waals surface area (Å²) in [5.74, 6) is 1.37. The highest BCUT2D eigenvalue weighted by atomic mass is 16.4. The lowest BCUT2D eigenvalue weighted by Crippen LogP contribution is -2.18. The predicted octanol–water partition coefficient (Wildman–Crippen LogP) is 3.96. The third-order valence-corrected chi connectivity index (χ3v) is 4.02. The number of nitrogens with one attached hydrogen (secondary N) is 1. The number of carbonyl (C=O) groups excluding carboxylic acids is 1. The monoisotopic (exact) mass is 304 g/mol. The summed E-state index contributed by atoms with van der Waals surface area (Å²) in [4.78, 5) is 16.2. The van der Waals surface area contributed by atoms with Crippen molar-refractivity contribution >= 4 is 5.91 Å². The Morgan fingerprint density at radius 2 is 1.61 bits per heavy atom. The summed E-state index contributed by atoms with van der Waals surface area (Å²) >= 11 is 0. The van der Waals surface area contributed by atoms with Gasteiger partial charge in [0.15, 0.2) is 5.76 Å². The number of benzene rings is 2. The first-order chi connectivity index (χ1) is 11.3. The minimum absolute atomic E-state index is 0.0516. The van der Waals surface area contributed by atoms with Crippen molar-refractivity contribution in [3.05, 3.63) is 66.6 Å². The summed E-state index contributed by atoms with van der Waals surface area (Å²) < 4.78 is 6.06. The molecule has 1 amide bonds.